The topological polar surface area (TPSA) is 80.9 Å². The normalized spacial score (nSPS) is 9.84. The minimum absolute atomic E-state index is 0.0989. The molecule has 1 N–H and O–H groups in total. The number of nitrogens with zero attached hydrogens (tertiary/aromatic N) is 3. The molecule has 7 heteroatoms. The van der Waals surface area contributed by atoms with Gasteiger partial charge in [0.2, 0.25) is 5.91 Å². The fraction of sp³-hybridized carbons (Fsp3) is 0.222. The second-order valence-electron chi connectivity index (χ2n) is 4.58. The van der Waals surface area contributed by atoms with E-state index in [2.05, 4.69) is 20.3 Å². The summed E-state index contributed by atoms with van der Waals surface area (Å²) in [6.07, 6.45) is 4.96. The molecule has 1 amide bonds. The third kappa shape index (κ3) is 6.04. The number of hydrogen-bond donors (Lipinski definition) is 1. The van der Waals surface area contributed by atoms with E-state index in [0.29, 0.717) is 11.7 Å². The molecule has 3 rings (SSSR count). The van der Waals surface area contributed by atoms with Crippen molar-refractivity contribution in [1.82, 2.24) is 20.3 Å². The van der Waals surface area contributed by atoms with Gasteiger partial charge in [-0.2, -0.15) is 0 Å². The highest BCUT2D eigenvalue weighted by Crippen LogP contribution is 2.18. The van der Waals surface area contributed by atoms with Gasteiger partial charge in [-0.1, -0.05) is 31.7 Å². The van der Waals surface area contributed by atoms with Gasteiger partial charge >= 0.3 is 0 Å². The van der Waals surface area contributed by atoms with Crippen LogP contribution in [0, 0.1) is 0 Å². The van der Waals surface area contributed by atoms with E-state index in [1.54, 1.807) is 30.8 Å². The molecule has 3 aromatic rings. The number of amides is 1. The molecule has 0 aliphatic rings. The number of thioether (sulfide) groups is 1. The maximum atomic E-state index is 11.8. The van der Waals surface area contributed by atoms with Crippen LogP contribution in [-0.4, -0.2) is 26.6 Å². The monoisotopic (exact) mass is 356 g/mol. The molecule has 0 saturated carbocycles. The fourth-order valence-corrected chi connectivity index (χ4v) is 2.51. The highest BCUT2D eigenvalue weighted by atomic mass is 32.2. The molecule has 0 saturated heterocycles. The first-order chi connectivity index (χ1) is 12.3. The summed E-state index contributed by atoms with van der Waals surface area (Å²) in [6.45, 7) is 4.38. The maximum absolute atomic E-state index is 11.8. The van der Waals surface area contributed by atoms with E-state index < -0.39 is 0 Å². The lowest BCUT2D eigenvalue weighted by Crippen LogP contribution is -2.24. The largest absolute Gasteiger partial charge is 0.467 e. The smallest absolute Gasteiger partial charge is 0.230 e. The van der Waals surface area contributed by atoms with E-state index in [1.807, 2.05) is 38.1 Å². The summed E-state index contributed by atoms with van der Waals surface area (Å²) in [4.78, 5) is 24.7. The number of carbonyl (C=O) groups is 1. The lowest BCUT2D eigenvalue weighted by atomic mass is 10.3. The van der Waals surface area contributed by atoms with Gasteiger partial charge in [0.15, 0.2) is 5.16 Å². The van der Waals surface area contributed by atoms with Crippen LogP contribution >= 0.6 is 11.8 Å². The Balaban J connectivity index is 0.00000109. The molecular formula is C18H20N4O2S. The Bertz CT molecular complexity index is 764. The Kier molecular flexibility index (Phi) is 7.65. The molecule has 6 nitrogen and oxygen atoms in total. The van der Waals surface area contributed by atoms with Crippen molar-refractivity contribution < 1.29 is 9.21 Å². The van der Waals surface area contributed by atoms with Crippen molar-refractivity contribution in [2.45, 2.75) is 25.5 Å². The SMILES string of the molecule is CC.O=C(CSc1nccc(-c2ccccn2)n1)NCc1ccco1. The van der Waals surface area contributed by atoms with Crippen molar-refractivity contribution in [3.05, 3.63) is 60.8 Å². The number of furan rings is 1. The summed E-state index contributed by atoms with van der Waals surface area (Å²) in [6, 6.07) is 11.0. The number of carbonyl (C=O) groups excluding carboxylic acids is 1. The zero-order valence-electron chi connectivity index (χ0n) is 14.2. The van der Waals surface area contributed by atoms with E-state index in [1.165, 1.54) is 11.8 Å². The first-order valence-corrected chi connectivity index (χ1v) is 8.96. The lowest BCUT2D eigenvalue weighted by molar-refractivity contribution is -0.118. The average molecular weight is 356 g/mol. The van der Waals surface area contributed by atoms with Crippen molar-refractivity contribution in [1.29, 1.82) is 0 Å². The molecule has 0 fully saturated rings. The van der Waals surface area contributed by atoms with E-state index >= 15 is 0 Å². The Morgan fingerprint density at radius 2 is 1.96 bits per heavy atom. The minimum Gasteiger partial charge on any atom is -0.467 e. The van der Waals surface area contributed by atoms with Crippen molar-refractivity contribution in [3.8, 4) is 11.4 Å². The molecule has 0 unspecified atom stereocenters. The third-order valence-corrected chi connectivity index (χ3v) is 3.79. The molecule has 0 aliphatic carbocycles. The first kappa shape index (κ1) is 18.7. The second kappa shape index (κ2) is 10.2. The van der Waals surface area contributed by atoms with Crippen LogP contribution in [0.5, 0.6) is 0 Å². The molecule has 0 aliphatic heterocycles. The molecule has 25 heavy (non-hydrogen) atoms. The number of hydrogen-bond acceptors (Lipinski definition) is 6. The van der Waals surface area contributed by atoms with Crippen molar-refractivity contribution in [3.63, 3.8) is 0 Å². The third-order valence-electron chi connectivity index (χ3n) is 2.93. The fourth-order valence-electron chi connectivity index (χ4n) is 1.85. The van der Waals surface area contributed by atoms with E-state index in [9.17, 15) is 4.79 Å². The van der Waals surface area contributed by atoms with E-state index in [-0.39, 0.29) is 11.7 Å². The van der Waals surface area contributed by atoms with Gasteiger partial charge < -0.3 is 9.73 Å². The van der Waals surface area contributed by atoms with Gasteiger partial charge in [-0.05, 0) is 30.3 Å². The minimum atomic E-state index is -0.0989. The van der Waals surface area contributed by atoms with Crippen LogP contribution in [0.2, 0.25) is 0 Å². The Morgan fingerprint density at radius 3 is 2.68 bits per heavy atom. The second-order valence-corrected chi connectivity index (χ2v) is 5.53. The van der Waals surface area contributed by atoms with Gasteiger partial charge in [0.1, 0.15) is 5.76 Å². The van der Waals surface area contributed by atoms with Crippen LogP contribution in [0.15, 0.2) is 64.6 Å². The first-order valence-electron chi connectivity index (χ1n) is 7.97. The Hall–Kier alpha value is -2.67. The summed E-state index contributed by atoms with van der Waals surface area (Å²) >= 11 is 1.28. The molecule has 3 heterocycles. The predicted molar refractivity (Wildman–Crippen MR) is 97.9 cm³/mol. The van der Waals surface area contributed by atoms with Crippen molar-refractivity contribution >= 4 is 17.7 Å². The van der Waals surface area contributed by atoms with Gasteiger partial charge in [0, 0.05) is 12.4 Å². The Morgan fingerprint density at radius 1 is 1.08 bits per heavy atom. The van der Waals surface area contributed by atoms with Crippen LogP contribution < -0.4 is 5.32 Å². The van der Waals surface area contributed by atoms with Crippen LogP contribution in [0.3, 0.4) is 0 Å². The van der Waals surface area contributed by atoms with Gasteiger partial charge in [-0.15, -0.1) is 0 Å². The molecule has 0 atom stereocenters. The summed E-state index contributed by atoms with van der Waals surface area (Å²) in [7, 11) is 0. The zero-order valence-corrected chi connectivity index (χ0v) is 15.0. The molecule has 0 radical (unpaired) electrons. The predicted octanol–water partition coefficient (Wildman–Crippen LogP) is 3.57. The summed E-state index contributed by atoms with van der Waals surface area (Å²) in [5.41, 5.74) is 1.51. The summed E-state index contributed by atoms with van der Waals surface area (Å²) in [5.74, 6) is 0.863. The number of nitrogens with one attached hydrogen (secondary N) is 1. The number of rotatable bonds is 6. The van der Waals surface area contributed by atoms with Gasteiger partial charge in [0.05, 0.1) is 29.9 Å². The number of pyridine rings is 1. The van der Waals surface area contributed by atoms with Crippen LogP contribution in [0.25, 0.3) is 11.4 Å². The number of aromatic nitrogens is 3. The maximum Gasteiger partial charge on any atom is 0.230 e. The standard InChI is InChI=1S/C16H14N4O2S.C2H6/c21-15(19-10-12-4-3-9-22-12)11-23-16-18-8-6-14(20-16)13-5-1-2-7-17-13;1-2/h1-9H,10-11H2,(H,19,21);1-2H3. The molecule has 0 bridgehead atoms. The molecule has 130 valence electrons. The van der Waals surface area contributed by atoms with Crippen molar-refractivity contribution in [2.24, 2.45) is 0 Å². The van der Waals surface area contributed by atoms with Gasteiger partial charge in [-0.3, -0.25) is 9.78 Å². The average Bonchev–Trinajstić information content (AvgIpc) is 3.21. The zero-order chi connectivity index (χ0) is 17.9. The summed E-state index contributed by atoms with van der Waals surface area (Å²) in [5, 5.41) is 3.32. The molecule has 0 aromatic carbocycles. The van der Waals surface area contributed by atoms with E-state index in [4.69, 9.17) is 4.42 Å². The Labute approximate surface area is 151 Å². The molecular weight excluding hydrogens is 336 g/mol. The van der Waals surface area contributed by atoms with Gasteiger partial charge in [0.25, 0.3) is 0 Å². The summed E-state index contributed by atoms with van der Waals surface area (Å²) < 4.78 is 5.16. The van der Waals surface area contributed by atoms with E-state index in [0.717, 1.165) is 17.1 Å². The molecule has 0 spiro atoms. The van der Waals surface area contributed by atoms with Crippen molar-refractivity contribution in [2.75, 3.05) is 5.75 Å². The quantitative estimate of drug-likeness (QED) is 0.537. The van der Waals surface area contributed by atoms with Gasteiger partial charge in [-0.25, -0.2) is 9.97 Å². The highest BCUT2D eigenvalue weighted by Gasteiger charge is 2.07. The van der Waals surface area contributed by atoms with Crippen LogP contribution in [-0.2, 0) is 11.3 Å². The van der Waals surface area contributed by atoms with Crippen LogP contribution in [0.4, 0.5) is 0 Å². The lowest BCUT2D eigenvalue weighted by Gasteiger charge is -2.04. The highest BCUT2D eigenvalue weighted by molar-refractivity contribution is 7.99. The molecule has 3 aromatic heterocycles. The van der Waals surface area contributed by atoms with Crippen LogP contribution in [0.1, 0.15) is 19.6 Å².